The van der Waals surface area contributed by atoms with Crippen LogP contribution in [-0.2, 0) is 14.2 Å². The molecule has 0 amide bonds. The molecule has 28 heavy (non-hydrogen) atoms. The molecule has 8 nitrogen and oxygen atoms in total. The summed E-state index contributed by atoms with van der Waals surface area (Å²) in [6.07, 6.45) is -7.37. The predicted molar refractivity (Wildman–Crippen MR) is 95.3 cm³/mol. The van der Waals surface area contributed by atoms with Gasteiger partial charge in [-0.2, -0.15) is 0 Å². The van der Waals surface area contributed by atoms with Crippen LogP contribution in [0.2, 0.25) is 0 Å². The molecule has 1 saturated heterocycles. The minimum Gasteiger partial charge on any atom is -0.452 e. The third-order valence-corrected chi connectivity index (χ3v) is 4.32. The van der Waals surface area contributed by atoms with Crippen molar-refractivity contribution in [3.63, 3.8) is 0 Å². The van der Waals surface area contributed by atoms with Crippen molar-refractivity contribution in [3.05, 3.63) is 71.8 Å². The maximum absolute atomic E-state index is 12.4. The molecule has 0 aliphatic carbocycles. The highest BCUT2D eigenvalue weighted by molar-refractivity contribution is 5.90. The van der Waals surface area contributed by atoms with Crippen LogP contribution in [0.1, 0.15) is 20.7 Å². The maximum atomic E-state index is 12.4. The summed E-state index contributed by atoms with van der Waals surface area (Å²) >= 11 is 0. The van der Waals surface area contributed by atoms with Crippen LogP contribution in [0, 0.1) is 0 Å². The molecule has 1 aliphatic rings. The minimum absolute atomic E-state index is 0.210. The molecule has 0 aromatic heterocycles. The van der Waals surface area contributed by atoms with E-state index >= 15 is 0 Å². The van der Waals surface area contributed by atoms with E-state index < -0.39 is 49.3 Å². The molecule has 8 heteroatoms. The number of aliphatic hydroxyl groups excluding tert-OH is 3. The molecule has 1 fully saturated rings. The summed E-state index contributed by atoms with van der Waals surface area (Å²) in [5, 5.41) is 30.0. The van der Waals surface area contributed by atoms with Crippen LogP contribution in [0.3, 0.4) is 0 Å². The van der Waals surface area contributed by atoms with Gasteiger partial charge in [-0.05, 0) is 24.3 Å². The van der Waals surface area contributed by atoms with E-state index in [1.165, 1.54) is 24.3 Å². The molecule has 148 valence electrons. The van der Waals surface area contributed by atoms with E-state index in [9.17, 15) is 24.9 Å². The van der Waals surface area contributed by atoms with Crippen LogP contribution < -0.4 is 0 Å². The van der Waals surface area contributed by atoms with Crippen molar-refractivity contribution in [2.75, 3.05) is 6.61 Å². The van der Waals surface area contributed by atoms with Crippen LogP contribution in [0.25, 0.3) is 0 Å². The lowest BCUT2D eigenvalue weighted by molar-refractivity contribution is -0.285. The minimum atomic E-state index is -1.71. The second kappa shape index (κ2) is 8.94. The Morgan fingerprint density at radius 1 is 0.821 bits per heavy atom. The zero-order valence-corrected chi connectivity index (χ0v) is 14.8. The van der Waals surface area contributed by atoms with E-state index in [1.807, 2.05) is 0 Å². The van der Waals surface area contributed by atoms with Gasteiger partial charge in [0.05, 0.1) is 17.7 Å². The van der Waals surface area contributed by atoms with E-state index in [0.29, 0.717) is 0 Å². The van der Waals surface area contributed by atoms with Gasteiger partial charge in [0, 0.05) is 0 Å². The SMILES string of the molecule is O=C(O[C@@H]1[C@@H](OC(=O)c2ccccc2)[C@@H](O)[C@@H](CO)O[C@H]1O)c1ccccc1. The molecule has 2 aromatic carbocycles. The lowest BCUT2D eigenvalue weighted by atomic mass is 9.98. The number of hydrogen-bond acceptors (Lipinski definition) is 8. The molecule has 0 radical (unpaired) electrons. The average molecular weight is 388 g/mol. The van der Waals surface area contributed by atoms with Crippen LogP contribution in [0.5, 0.6) is 0 Å². The highest BCUT2D eigenvalue weighted by Crippen LogP contribution is 2.26. The second-order valence-corrected chi connectivity index (χ2v) is 6.21. The van der Waals surface area contributed by atoms with Gasteiger partial charge in [0.2, 0.25) is 0 Å². The molecule has 1 aliphatic heterocycles. The number of carbonyl (C=O) groups is 2. The number of esters is 2. The fourth-order valence-electron chi connectivity index (χ4n) is 2.85. The van der Waals surface area contributed by atoms with Gasteiger partial charge in [0.15, 0.2) is 18.5 Å². The molecule has 3 N–H and O–H groups in total. The molecule has 2 aromatic rings. The zero-order chi connectivity index (χ0) is 20.1. The van der Waals surface area contributed by atoms with Gasteiger partial charge in [-0.3, -0.25) is 0 Å². The number of rotatable bonds is 5. The van der Waals surface area contributed by atoms with Crippen molar-refractivity contribution in [1.82, 2.24) is 0 Å². The number of hydrogen-bond donors (Lipinski definition) is 3. The normalized spacial score (nSPS) is 27.0. The monoisotopic (exact) mass is 388 g/mol. The van der Waals surface area contributed by atoms with Gasteiger partial charge >= 0.3 is 11.9 Å². The Morgan fingerprint density at radius 3 is 1.75 bits per heavy atom. The van der Waals surface area contributed by atoms with Crippen molar-refractivity contribution in [2.24, 2.45) is 0 Å². The number of carbonyl (C=O) groups excluding carboxylic acids is 2. The number of benzene rings is 2. The Kier molecular flexibility index (Phi) is 6.37. The Bertz CT molecular complexity index is 794. The summed E-state index contributed by atoms with van der Waals surface area (Å²) in [6, 6.07) is 16.0. The fourth-order valence-corrected chi connectivity index (χ4v) is 2.85. The first-order chi connectivity index (χ1) is 13.5. The summed E-state index contributed by atoms with van der Waals surface area (Å²) in [6.45, 7) is -0.628. The Balaban J connectivity index is 1.82. The van der Waals surface area contributed by atoms with Crippen LogP contribution in [0.4, 0.5) is 0 Å². The van der Waals surface area contributed by atoms with Crippen LogP contribution in [-0.4, -0.2) is 64.6 Å². The van der Waals surface area contributed by atoms with Crippen molar-refractivity contribution >= 4 is 11.9 Å². The summed E-state index contributed by atoms with van der Waals surface area (Å²) < 4.78 is 15.7. The smallest absolute Gasteiger partial charge is 0.338 e. The summed E-state index contributed by atoms with van der Waals surface area (Å²) in [5.74, 6) is -1.57. The molecular weight excluding hydrogens is 368 g/mol. The van der Waals surface area contributed by atoms with Gasteiger partial charge in [-0.1, -0.05) is 36.4 Å². The Hall–Kier alpha value is -2.78. The predicted octanol–water partition coefficient (Wildman–Crippen LogP) is 0.508. The van der Waals surface area contributed by atoms with Crippen molar-refractivity contribution in [2.45, 2.75) is 30.7 Å². The average Bonchev–Trinajstić information content (AvgIpc) is 2.73. The largest absolute Gasteiger partial charge is 0.452 e. The number of ether oxygens (including phenoxy) is 3. The molecule has 5 atom stereocenters. The Morgan fingerprint density at radius 2 is 1.29 bits per heavy atom. The molecule has 0 saturated carbocycles. The lowest BCUT2D eigenvalue weighted by Crippen LogP contribution is -2.61. The quantitative estimate of drug-likeness (QED) is 0.633. The Labute approximate surface area is 160 Å². The van der Waals surface area contributed by atoms with E-state index in [2.05, 4.69) is 0 Å². The van der Waals surface area contributed by atoms with E-state index in [4.69, 9.17) is 14.2 Å². The topological polar surface area (TPSA) is 123 Å². The highest BCUT2D eigenvalue weighted by atomic mass is 16.7. The van der Waals surface area contributed by atoms with E-state index in [0.717, 1.165) is 0 Å². The van der Waals surface area contributed by atoms with Crippen LogP contribution in [0.15, 0.2) is 60.7 Å². The second-order valence-electron chi connectivity index (χ2n) is 6.21. The van der Waals surface area contributed by atoms with Crippen molar-refractivity contribution in [3.8, 4) is 0 Å². The fraction of sp³-hybridized carbons (Fsp3) is 0.300. The van der Waals surface area contributed by atoms with Crippen molar-refractivity contribution < 1.29 is 39.1 Å². The van der Waals surface area contributed by atoms with Gasteiger partial charge in [0.1, 0.15) is 12.2 Å². The first-order valence-electron chi connectivity index (χ1n) is 8.65. The lowest BCUT2D eigenvalue weighted by Gasteiger charge is -2.41. The van der Waals surface area contributed by atoms with Gasteiger partial charge in [0.25, 0.3) is 0 Å². The first-order valence-corrected chi connectivity index (χ1v) is 8.65. The molecule has 0 spiro atoms. The first kappa shape index (κ1) is 20.0. The molecular formula is C20H20O8. The third-order valence-electron chi connectivity index (χ3n) is 4.32. The van der Waals surface area contributed by atoms with Gasteiger partial charge in [-0.15, -0.1) is 0 Å². The molecule has 1 heterocycles. The summed E-state index contributed by atoms with van der Waals surface area (Å²) in [5.41, 5.74) is 0.422. The maximum Gasteiger partial charge on any atom is 0.338 e. The molecule has 3 rings (SSSR count). The summed E-state index contributed by atoms with van der Waals surface area (Å²) in [4.78, 5) is 24.8. The zero-order valence-electron chi connectivity index (χ0n) is 14.8. The van der Waals surface area contributed by atoms with Crippen LogP contribution >= 0.6 is 0 Å². The van der Waals surface area contributed by atoms with Gasteiger partial charge in [-0.25, -0.2) is 9.59 Å². The van der Waals surface area contributed by atoms with E-state index in [1.54, 1.807) is 36.4 Å². The summed E-state index contributed by atoms with van der Waals surface area (Å²) in [7, 11) is 0. The molecule has 0 unspecified atom stereocenters. The van der Waals surface area contributed by atoms with Crippen molar-refractivity contribution in [1.29, 1.82) is 0 Å². The van der Waals surface area contributed by atoms with E-state index in [-0.39, 0.29) is 11.1 Å². The third kappa shape index (κ3) is 4.37. The molecule has 0 bridgehead atoms. The van der Waals surface area contributed by atoms with Gasteiger partial charge < -0.3 is 29.5 Å². The highest BCUT2D eigenvalue weighted by Gasteiger charge is 2.49. The number of aliphatic hydroxyl groups is 3. The standard InChI is InChI=1S/C20H20O8/c21-11-14-15(22)16(27-18(23)12-7-3-1-4-8-12)17(20(25)26-14)28-19(24)13-9-5-2-6-10-13/h1-10,14-17,20-22,25H,11H2/t14-,15+,16+,17-,20-/m1/s1.